The molecule has 2 aromatic carbocycles. The molecule has 9 heteroatoms. The van der Waals surface area contributed by atoms with Gasteiger partial charge in [-0.05, 0) is 36.4 Å². The first kappa shape index (κ1) is 20.2. The van der Waals surface area contributed by atoms with Gasteiger partial charge in [-0.3, -0.25) is 0 Å². The Morgan fingerprint density at radius 2 is 1.07 bits per heavy atom. The topological polar surface area (TPSA) is 120 Å². The van der Waals surface area contributed by atoms with Gasteiger partial charge in [0.05, 0.1) is 23.8 Å². The van der Waals surface area contributed by atoms with Gasteiger partial charge in [0, 0.05) is 11.4 Å². The monoisotopic (exact) mass is 401 g/mol. The van der Waals surface area contributed by atoms with E-state index in [0.29, 0.717) is 22.8 Å². The number of aromatic nitrogens is 1. The van der Waals surface area contributed by atoms with Gasteiger partial charge in [-0.2, -0.15) is 10.2 Å². The minimum Gasteiger partial charge on any atom is -0.307 e. The van der Waals surface area contributed by atoms with Crippen LogP contribution in [-0.2, 0) is 0 Å². The van der Waals surface area contributed by atoms with Crippen molar-refractivity contribution < 1.29 is 9.59 Å². The van der Waals surface area contributed by atoms with Crippen molar-refractivity contribution >= 4 is 35.9 Å². The molecule has 0 radical (unpaired) electrons. The van der Waals surface area contributed by atoms with E-state index in [1.165, 1.54) is 12.4 Å². The average Bonchev–Trinajstić information content (AvgIpc) is 2.75. The number of carbonyl (C=O) groups is 2. The molecule has 0 saturated carbocycles. The number of benzene rings is 2. The summed E-state index contributed by atoms with van der Waals surface area (Å²) in [6.45, 7) is 0. The summed E-state index contributed by atoms with van der Waals surface area (Å²) < 4.78 is 0. The van der Waals surface area contributed by atoms with Crippen LogP contribution in [0.1, 0.15) is 11.4 Å². The van der Waals surface area contributed by atoms with E-state index in [-0.39, 0.29) is 0 Å². The molecular formula is C21H19N7O2. The number of amides is 4. The van der Waals surface area contributed by atoms with Gasteiger partial charge >= 0.3 is 12.1 Å². The number of nitrogens with one attached hydrogen (secondary N) is 4. The van der Waals surface area contributed by atoms with E-state index in [1.54, 1.807) is 42.5 Å². The molecule has 30 heavy (non-hydrogen) atoms. The number of hydrogen-bond donors (Lipinski definition) is 4. The molecule has 3 aromatic rings. The number of pyridine rings is 1. The Balaban J connectivity index is 1.47. The first-order chi connectivity index (χ1) is 14.7. The van der Waals surface area contributed by atoms with Gasteiger partial charge in [0.2, 0.25) is 0 Å². The zero-order valence-corrected chi connectivity index (χ0v) is 15.8. The van der Waals surface area contributed by atoms with Gasteiger partial charge in [0.15, 0.2) is 0 Å². The molecule has 0 bridgehead atoms. The molecule has 0 spiro atoms. The molecular weight excluding hydrogens is 382 g/mol. The van der Waals surface area contributed by atoms with E-state index >= 15 is 0 Å². The highest BCUT2D eigenvalue weighted by molar-refractivity contribution is 5.91. The lowest BCUT2D eigenvalue weighted by Crippen LogP contribution is -2.24. The van der Waals surface area contributed by atoms with Crippen LogP contribution in [0.4, 0.5) is 21.0 Å². The minimum atomic E-state index is -0.469. The fraction of sp³-hybridized carbons (Fsp3) is 0. The lowest BCUT2D eigenvalue weighted by atomic mass is 10.3. The van der Waals surface area contributed by atoms with Crippen LogP contribution in [0.5, 0.6) is 0 Å². The molecule has 0 aliphatic carbocycles. The summed E-state index contributed by atoms with van der Waals surface area (Å²) >= 11 is 0. The molecule has 3 rings (SSSR count). The molecule has 4 N–H and O–H groups in total. The maximum absolute atomic E-state index is 11.8. The Labute approximate surface area is 172 Å². The van der Waals surface area contributed by atoms with Gasteiger partial charge in [-0.25, -0.2) is 25.4 Å². The molecule has 0 fully saturated rings. The van der Waals surface area contributed by atoms with E-state index in [2.05, 4.69) is 36.7 Å². The summed E-state index contributed by atoms with van der Waals surface area (Å²) in [4.78, 5) is 27.9. The lowest BCUT2D eigenvalue weighted by molar-refractivity contribution is 0.251. The smallest absolute Gasteiger partial charge is 0.307 e. The number of nitrogens with zero attached hydrogens (tertiary/aromatic N) is 3. The normalized spacial score (nSPS) is 10.7. The van der Waals surface area contributed by atoms with Crippen LogP contribution in [0, 0.1) is 0 Å². The van der Waals surface area contributed by atoms with E-state index in [4.69, 9.17) is 0 Å². The Kier molecular flexibility index (Phi) is 7.22. The Morgan fingerprint density at radius 3 is 1.50 bits per heavy atom. The third-order valence-corrected chi connectivity index (χ3v) is 3.58. The molecule has 1 aromatic heterocycles. The largest absolute Gasteiger partial charge is 0.339 e. The van der Waals surface area contributed by atoms with Gasteiger partial charge < -0.3 is 10.6 Å². The Morgan fingerprint density at radius 1 is 0.633 bits per heavy atom. The van der Waals surface area contributed by atoms with Gasteiger partial charge in [-0.1, -0.05) is 42.5 Å². The minimum absolute atomic E-state index is 0.469. The first-order valence-corrected chi connectivity index (χ1v) is 8.96. The van der Waals surface area contributed by atoms with Crippen LogP contribution in [0.2, 0.25) is 0 Å². The number of para-hydroxylation sites is 2. The Bertz CT molecular complexity index is 957. The van der Waals surface area contributed by atoms with Crippen LogP contribution >= 0.6 is 0 Å². The maximum Gasteiger partial charge on any atom is 0.339 e. The second-order valence-electron chi connectivity index (χ2n) is 5.87. The first-order valence-electron chi connectivity index (χ1n) is 8.96. The number of urea groups is 2. The van der Waals surface area contributed by atoms with Crippen molar-refractivity contribution in [2.45, 2.75) is 0 Å². The third-order valence-electron chi connectivity index (χ3n) is 3.58. The molecule has 0 atom stereocenters. The predicted octanol–water partition coefficient (Wildman–Crippen LogP) is 3.39. The van der Waals surface area contributed by atoms with Crippen molar-refractivity contribution in [2.24, 2.45) is 10.2 Å². The summed E-state index contributed by atoms with van der Waals surface area (Å²) in [6, 6.07) is 22.3. The predicted molar refractivity (Wildman–Crippen MR) is 117 cm³/mol. The van der Waals surface area contributed by atoms with Gasteiger partial charge in [0.25, 0.3) is 0 Å². The van der Waals surface area contributed by atoms with Crippen molar-refractivity contribution in [3.05, 3.63) is 90.3 Å². The zero-order chi connectivity index (χ0) is 21.0. The lowest BCUT2D eigenvalue weighted by Gasteiger charge is -2.03. The fourth-order valence-corrected chi connectivity index (χ4v) is 2.29. The van der Waals surface area contributed by atoms with Crippen molar-refractivity contribution in [2.75, 3.05) is 10.6 Å². The van der Waals surface area contributed by atoms with Gasteiger partial charge in [-0.15, -0.1) is 0 Å². The summed E-state index contributed by atoms with van der Waals surface area (Å²) in [5, 5.41) is 13.0. The quantitative estimate of drug-likeness (QED) is 0.374. The summed E-state index contributed by atoms with van der Waals surface area (Å²) in [5.41, 5.74) is 7.05. The molecule has 4 amide bonds. The fourth-order valence-electron chi connectivity index (χ4n) is 2.29. The van der Waals surface area contributed by atoms with Crippen LogP contribution < -0.4 is 21.5 Å². The number of anilines is 2. The maximum atomic E-state index is 11.8. The van der Waals surface area contributed by atoms with E-state index in [1.807, 2.05) is 36.4 Å². The van der Waals surface area contributed by atoms with Crippen molar-refractivity contribution in [3.8, 4) is 0 Å². The Hall–Kier alpha value is -4.53. The molecule has 0 aliphatic heterocycles. The number of hydrazone groups is 2. The van der Waals surface area contributed by atoms with Crippen molar-refractivity contribution in [1.29, 1.82) is 0 Å². The highest BCUT2D eigenvalue weighted by Gasteiger charge is 2.00. The van der Waals surface area contributed by atoms with Crippen LogP contribution in [-0.4, -0.2) is 29.5 Å². The molecule has 0 unspecified atom stereocenters. The van der Waals surface area contributed by atoms with Crippen molar-refractivity contribution in [3.63, 3.8) is 0 Å². The van der Waals surface area contributed by atoms with Crippen LogP contribution in [0.25, 0.3) is 0 Å². The zero-order valence-electron chi connectivity index (χ0n) is 15.8. The van der Waals surface area contributed by atoms with Gasteiger partial charge in [0.1, 0.15) is 0 Å². The third kappa shape index (κ3) is 6.89. The molecule has 1 heterocycles. The number of hydrogen-bond acceptors (Lipinski definition) is 5. The highest BCUT2D eigenvalue weighted by atomic mass is 16.2. The standard InChI is InChI=1S/C21H19N7O2/c29-20(25-16-8-3-1-4-9-16)27-22-14-18-12-7-13-19(24-18)15-23-28-21(30)26-17-10-5-2-6-11-17/h1-15H,(H2,25,27,29)(H2,26,28,30)/b22-14+,23-15+. The second kappa shape index (κ2) is 10.7. The van der Waals surface area contributed by atoms with E-state index < -0.39 is 12.1 Å². The highest BCUT2D eigenvalue weighted by Crippen LogP contribution is 2.05. The van der Waals surface area contributed by atoms with Crippen LogP contribution in [0.3, 0.4) is 0 Å². The van der Waals surface area contributed by atoms with E-state index in [0.717, 1.165) is 0 Å². The number of carbonyl (C=O) groups excluding carboxylic acids is 2. The molecule has 0 saturated heterocycles. The summed E-state index contributed by atoms with van der Waals surface area (Å²) in [6.07, 6.45) is 2.80. The summed E-state index contributed by atoms with van der Waals surface area (Å²) in [7, 11) is 0. The summed E-state index contributed by atoms with van der Waals surface area (Å²) in [5.74, 6) is 0. The number of rotatable bonds is 6. The molecule has 9 nitrogen and oxygen atoms in total. The molecule has 150 valence electrons. The average molecular weight is 401 g/mol. The second-order valence-corrected chi connectivity index (χ2v) is 5.87. The van der Waals surface area contributed by atoms with Crippen molar-refractivity contribution in [1.82, 2.24) is 15.8 Å². The van der Waals surface area contributed by atoms with E-state index in [9.17, 15) is 9.59 Å². The molecule has 0 aliphatic rings. The van der Waals surface area contributed by atoms with Crippen LogP contribution in [0.15, 0.2) is 89.1 Å². The SMILES string of the molecule is O=C(N/N=C/c1cccc(/C=N/NC(=O)Nc2ccccc2)n1)Nc1ccccc1.